The van der Waals surface area contributed by atoms with E-state index in [1.54, 1.807) is 48.5 Å². The number of hydrogen-bond donors (Lipinski definition) is 2. The molecule has 1 radical (unpaired) electrons. The molecular weight excluding hydrogens is 268 g/mol. The third-order valence-electron chi connectivity index (χ3n) is 2.58. The Kier molecular flexibility index (Phi) is 4.93. The molecule has 0 unspecified atom stereocenters. The van der Waals surface area contributed by atoms with Gasteiger partial charge in [0.05, 0.1) is 6.61 Å². The number of carbonyl (C=O) groups excluding carboxylic acids is 1. The molecule has 0 saturated heterocycles. The van der Waals surface area contributed by atoms with Gasteiger partial charge in [-0.05, 0) is 37.3 Å². The number of carbonyl (C=O) groups is 1. The zero-order valence-corrected chi connectivity index (χ0v) is 11.6. The summed E-state index contributed by atoms with van der Waals surface area (Å²) in [6.07, 6.45) is -0.711. The smallest absolute Gasteiger partial charge is 0.418 e. The van der Waals surface area contributed by atoms with Crippen molar-refractivity contribution in [1.82, 2.24) is 5.32 Å². The topological polar surface area (TPSA) is 71.4 Å². The summed E-state index contributed by atoms with van der Waals surface area (Å²) in [5, 5.41) is 10.1. The summed E-state index contributed by atoms with van der Waals surface area (Å²) in [4.78, 5) is 11.7. The van der Waals surface area contributed by atoms with Gasteiger partial charge in [0.1, 0.15) is 17.3 Å². The second kappa shape index (κ2) is 7.09. The van der Waals surface area contributed by atoms with Crippen LogP contribution < -0.4 is 14.8 Å². The maximum Gasteiger partial charge on any atom is 0.418 e. The fourth-order valence-corrected chi connectivity index (χ4v) is 1.63. The average molecular weight is 283 g/mol. The van der Waals surface area contributed by atoms with E-state index in [0.29, 0.717) is 23.7 Å². The van der Waals surface area contributed by atoms with Crippen molar-refractivity contribution in [3.63, 3.8) is 0 Å². The molecule has 107 valence electrons. The number of nitrogens with one attached hydrogen (secondary N) is 2. The largest absolute Gasteiger partial charge is 0.494 e. The average Bonchev–Trinajstić information content (AvgIpc) is 2.50. The Bertz CT molecular complexity index is 609. The molecule has 0 aliphatic rings. The van der Waals surface area contributed by atoms with Crippen LogP contribution in [0.2, 0.25) is 0 Å². The summed E-state index contributed by atoms with van der Waals surface area (Å²) >= 11 is 0. The van der Waals surface area contributed by atoms with Gasteiger partial charge in [-0.1, -0.05) is 24.3 Å². The highest BCUT2D eigenvalue weighted by Crippen LogP contribution is 2.17. The van der Waals surface area contributed by atoms with Crippen LogP contribution >= 0.6 is 0 Å². The molecule has 0 saturated carbocycles. The van der Waals surface area contributed by atoms with E-state index in [1.807, 2.05) is 6.92 Å². The highest BCUT2D eigenvalue weighted by Gasteiger charge is 2.08. The van der Waals surface area contributed by atoms with Crippen molar-refractivity contribution >= 4 is 11.9 Å². The second-order valence-electron chi connectivity index (χ2n) is 4.08. The van der Waals surface area contributed by atoms with Gasteiger partial charge in [-0.2, -0.15) is 0 Å². The SMILES string of the molecule is CCOc1ccc(OC(=O)NC(=N)c2cc[c]cc2)cc1. The lowest BCUT2D eigenvalue weighted by Gasteiger charge is -2.08. The first-order valence-electron chi connectivity index (χ1n) is 6.46. The van der Waals surface area contributed by atoms with Crippen LogP contribution in [0, 0.1) is 11.5 Å². The summed E-state index contributed by atoms with van der Waals surface area (Å²) in [6.45, 7) is 2.47. The van der Waals surface area contributed by atoms with E-state index < -0.39 is 6.09 Å². The van der Waals surface area contributed by atoms with Crippen LogP contribution in [0.4, 0.5) is 4.79 Å². The molecule has 0 aliphatic heterocycles. The normalized spacial score (nSPS) is 9.76. The van der Waals surface area contributed by atoms with Crippen LogP contribution in [0.25, 0.3) is 0 Å². The van der Waals surface area contributed by atoms with Gasteiger partial charge < -0.3 is 9.47 Å². The molecule has 5 heteroatoms. The Balaban J connectivity index is 1.91. The molecule has 0 fully saturated rings. The van der Waals surface area contributed by atoms with Gasteiger partial charge in [0.25, 0.3) is 0 Å². The summed E-state index contributed by atoms with van der Waals surface area (Å²) in [5.41, 5.74) is 0.581. The van der Waals surface area contributed by atoms with Crippen molar-refractivity contribution < 1.29 is 14.3 Å². The molecule has 1 amide bonds. The standard InChI is InChI=1S/C16H15N2O3/c1-2-20-13-8-10-14(11-9-13)21-16(19)18-15(17)12-6-4-3-5-7-12/h4-11H,2H2,1H3,(H2,17,18,19). The predicted molar refractivity (Wildman–Crippen MR) is 78.9 cm³/mol. The molecule has 2 N–H and O–H groups in total. The summed E-state index contributed by atoms with van der Waals surface area (Å²) in [5.74, 6) is 1.06. The van der Waals surface area contributed by atoms with Crippen LogP contribution in [-0.2, 0) is 0 Å². The lowest BCUT2D eigenvalue weighted by atomic mass is 10.2. The Hall–Kier alpha value is -2.82. The Morgan fingerprint density at radius 3 is 2.38 bits per heavy atom. The van der Waals surface area contributed by atoms with Gasteiger partial charge in [-0.3, -0.25) is 10.7 Å². The van der Waals surface area contributed by atoms with Gasteiger partial charge in [0.2, 0.25) is 0 Å². The van der Waals surface area contributed by atoms with Crippen LogP contribution in [0.1, 0.15) is 12.5 Å². The van der Waals surface area contributed by atoms with Crippen molar-refractivity contribution in [1.29, 1.82) is 5.41 Å². The molecule has 2 aromatic rings. The number of ether oxygens (including phenoxy) is 2. The summed E-state index contributed by atoms with van der Waals surface area (Å²) in [7, 11) is 0. The maximum absolute atomic E-state index is 11.7. The van der Waals surface area contributed by atoms with E-state index in [0.717, 1.165) is 0 Å². The minimum absolute atomic E-state index is 0.0278. The molecule has 21 heavy (non-hydrogen) atoms. The van der Waals surface area contributed by atoms with Crippen LogP contribution in [0.3, 0.4) is 0 Å². The van der Waals surface area contributed by atoms with Crippen LogP contribution in [-0.4, -0.2) is 18.5 Å². The number of rotatable bonds is 4. The number of benzene rings is 2. The third-order valence-corrected chi connectivity index (χ3v) is 2.58. The molecule has 0 atom stereocenters. The Morgan fingerprint density at radius 1 is 1.14 bits per heavy atom. The fourth-order valence-electron chi connectivity index (χ4n) is 1.63. The zero-order valence-electron chi connectivity index (χ0n) is 11.6. The number of hydrogen-bond acceptors (Lipinski definition) is 4. The van der Waals surface area contributed by atoms with E-state index in [4.69, 9.17) is 14.9 Å². The molecule has 0 aliphatic carbocycles. The Labute approximate surface area is 123 Å². The predicted octanol–water partition coefficient (Wildman–Crippen LogP) is 3.00. The van der Waals surface area contributed by atoms with Crippen molar-refractivity contribution in [2.75, 3.05) is 6.61 Å². The lowest BCUT2D eigenvalue weighted by molar-refractivity contribution is 0.206. The van der Waals surface area contributed by atoms with E-state index >= 15 is 0 Å². The number of amidine groups is 1. The molecule has 2 rings (SSSR count). The molecular formula is C16H15N2O3. The third kappa shape index (κ3) is 4.35. The first kappa shape index (κ1) is 14.6. The molecule has 0 bridgehead atoms. The van der Waals surface area contributed by atoms with Crippen molar-refractivity contribution in [2.24, 2.45) is 0 Å². The maximum atomic E-state index is 11.7. The van der Waals surface area contributed by atoms with Gasteiger partial charge in [-0.15, -0.1) is 0 Å². The minimum Gasteiger partial charge on any atom is -0.494 e. The van der Waals surface area contributed by atoms with E-state index in [9.17, 15) is 4.79 Å². The van der Waals surface area contributed by atoms with Gasteiger partial charge in [0, 0.05) is 5.56 Å². The van der Waals surface area contributed by atoms with Crippen molar-refractivity contribution in [3.05, 3.63) is 60.2 Å². The van der Waals surface area contributed by atoms with E-state index in [2.05, 4.69) is 11.4 Å². The fraction of sp³-hybridized carbons (Fsp3) is 0.125. The molecule has 0 heterocycles. The highest BCUT2D eigenvalue weighted by molar-refractivity contribution is 6.04. The molecule has 0 spiro atoms. The van der Waals surface area contributed by atoms with Crippen molar-refractivity contribution in [3.8, 4) is 11.5 Å². The quantitative estimate of drug-likeness (QED) is 0.669. The summed E-state index contributed by atoms with van der Waals surface area (Å²) in [6, 6.07) is 16.2. The first-order chi connectivity index (χ1) is 10.2. The molecule has 2 aromatic carbocycles. The van der Waals surface area contributed by atoms with Crippen molar-refractivity contribution in [2.45, 2.75) is 6.92 Å². The molecule has 5 nitrogen and oxygen atoms in total. The highest BCUT2D eigenvalue weighted by atomic mass is 16.6. The molecule has 0 aromatic heterocycles. The first-order valence-corrected chi connectivity index (χ1v) is 6.46. The summed E-state index contributed by atoms with van der Waals surface area (Å²) < 4.78 is 10.4. The van der Waals surface area contributed by atoms with Crippen LogP contribution in [0.15, 0.2) is 48.5 Å². The second-order valence-corrected chi connectivity index (χ2v) is 4.08. The van der Waals surface area contributed by atoms with Gasteiger partial charge in [0.15, 0.2) is 0 Å². The monoisotopic (exact) mass is 283 g/mol. The van der Waals surface area contributed by atoms with E-state index in [1.165, 1.54) is 0 Å². The van der Waals surface area contributed by atoms with E-state index in [-0.39, 0.29) is 5.84 Å². The zero-order chi connectivity index (χ0) is 15.1. The van der Waals surface area contributed by atoms with Gasteiger partial charge >= 0.3 is 6.09 Å². The lowest BCUT2D eigenvalue weighted by Crippen LogP contribution is -2.32. The van der Waals surface area contributed by atoms with Gasteiger partial charge in [-0.25, -0.2) is 4.79 Å². The van der Waals surface area contributed by atoms with Crippen LogP contribution in [0.5, 0.6) is 11.5 Å². The Morgan fingerprint density at radius 2 is 1.76 bits per heavy atom. The minimum atomic E-state index is -0.711. The number of amides is 1.